The molecule has 0 aliphatic carbocycles. The van der Waals surface area contributed by atoms with Crippen LogP contribution in [0.25, 0.3) is 0 Å². The highest BCUT2D eigenvalue weighted by Gasteiger charge is 2.17. The predicted molar refractivity (Wildman–Crippen MR) is 36.7 cm³/mol. The molecule has 52 valence electrons. The van der Waals surface area contributed by atoms with Crippen LogP contribution in [0.2, 0.25) is 0 Å². The summed E-state index contributed by atoms with van der Waals surface area (Å²) in [4.78, 5) is 5.10. The topological polar surface area (TPSA) is 21.3 Å². The van der Waals surface area contributed by atoms with E-state index in [4.69, 9.17) is 4.84 Å². The van der Waals surface area contributed by atoms with Gasteiger partial charge in [-0.3, -0.25) is 0 Å². The van der Waals surface area contributed by atoms with Crippen LogP contribution in [0.1, 0.15) is 27.2 Å². The smallest absolute Gasteiger partial charge is 0.122 e. The standard InChI is InChI=1S/C7H13NO/c1-4-7-5(2)8-9-6(7)3/h5,8H,4H2,1-3H3. The van der Waals surface area contributed by atoms with Crippen LogP contribution in [-0.4, -0.2) is 6.04 Å². The maximum absolute atomic E-state index is 5.10. The Balaban J connectivity index is 2.69. The van der Waals surface area contributed by atoms with Crippen LogP contribution in [0.4, 0.5) is 0 Å². The Hall–Kier alpha value is -0.500. The second-order valence-electron chi connectivity index (χ2n) is 2.38. The largest absolute Gasteiger partial charge is 0.413 e. The van der Waals surface area contributed by atoms with Gasteiger partial charge in [-0.25, -0.2) is 0 Å². The summed E-state index contributed by atoms with van der Waals surface area (Å²) in [5, 5.41) is 0. The zero-order chi connectivity index (χ0) is 6.85. The van der Waals surface area contributed by atoms with Gasteiger partial charge in [-0.1, -0.05) is 6.92 Å². The Morgan fingerprint density at radius 2 is 2.33 bits per heavy atom. The van der Waals surface area contributed by atoms with Crippen molar-refractivity contribution < 1.29 is 4.84 Å². The fraction of sp³-hybridized carbons (Fsp3) is 0.714. The highest BCUT2D eigenvalue weighted by Crippen LogP contribution is 2.18. The van der Waals surface area contributed by atoms with Gasteiger partial charge in [-0.05, 0) is 25.8 Å². The average Bonchev–Trinajstić information content (AvgIpc) is 2.12. The first kappa shape index (κ1) is 6.62. The molecule has 1 heterocycles. The van der Waals surface area contributed by atoms with Gasteiger partial charge in [0.25, 0.3) is 0 Å². The molecule has 2 nitrogen and oxygen atoms in total. The molecule has 1 atom stereocenters. The van der Waals surface area contributed by atoms with Crippen LogP contribution in [-0.2, 0) is 4.84 Å². The van der Waals surface area contributed by atoms with E-state index in [1.165, 1.54) is 5.57 Å². The molecular formula is C7H13NO. The lowest BCUT2D eigenvalue weighted by Gasteiger charge is -2.01. The van der Waals surface area contributed by atoms with Crippen LogP contribution in [0.5, 0.6) is 0 Å². The molecule has 1 rings (SSSR count). The Morgan fingerprint density at radius 3 is 2.56 bits per heavy atom. The summed E-state index contributed by atoms with van der Waals surface area (Å²) in [6.07, 6.45) is 1.08. The van der Waals surface area contributed by atoms with Gasteiger partial charge in [-0.2, -0.15) is 5.48 Å². The van der Waals surface area contributed by atoms with E-state index in [-0.39, 0.29) is 0 Å². The number of hydrogen-bond donors (Lipinski definition) is 1. The molecule has 0 aromatic carbocycles. The van der Waals surface area contributed by atoms with Gasteiger partial charge in [0.05, 0.1) is 6.04 Å². The molecular weight excluding hydrogens is 114 g/mol. The van der Waals surface area contributed by atoms with Crippen molar-refractivity contribution in [2.75, 3.05) is 0 Å². The van der Waals surface area contributed by atoms with Gasteiger partial charge in [-0.15, -0.1) is 0 Å². The van der Waals surface area contributed by atoms with Gasteiger partial charge in [0, 0.05) is 0 Å². The molecule has 1 unspecified atom stereocenters. The molecule has 0 saturated heterocycles. The number of allylic oxidation sites excluding steroid dienone is 1. The summed E-state index contributed by atoms with van der Waals surface area (Å²) in [7, 11) is 0. The van der Waals surface area contributed by atoms with Gasteiger partial charge in [0.15, 0.2) is 0 Å². The van der Waals surface area contributed by atoms with Crippen molar-refractivity contribution in [3.8, 4) is 0 Å². The summed E-state index contributed by atoms with van der Waals surface area (Å²) in [5.74, 6) is 1.05. The van der Waals surface area contributed by atoms with Crippen LogP contribution >= 0.6 is 0 Å². The molecule has 0 radical (unpaired) electrons. The Labute approximate surface area is 55.9 Å². The molecule has 0 aromatic heterocycles. The van der Waals surface area contributed by atoms with E-state index in [2.05, 4.69) is 19.3 Å². The summed E-state index contributed by atoms with van der Waals surface area (Å²) >= 11 is 0. The quantitative estimate of drug-likeness (QED) is 0.577. The molecule has 1 aliphatic rings. The van der Waals surface area contributed by atoms with Crippen molar-refractivity contribution in [2.24, 2.45) is 0 Å². The minimum Gasteiger partial charge on any atom is -0.413 e. The molecule has 0 fully saturated rings. The molecule has 9 heavy (non-hydrogen) atoms. The van der Waals surface area contributed by atoms with E-state index in [1.807, 2.05) is 6.92 Å². The maximum atomic E-state index is 5.10. The zero-order valence-electron chi connectivity index (χ0n) is 6.19. The molecule has 0 aromatic rings. The van der Waals surface area contributed by atoms with Crippen molar-refractivity contribution in [1.82, 2.24) is 5.48 Å². The molecule has 1 N–H and O–H groups in total. The first-order valence-corrected chi connectivity index (χ1v) is 3.37. The van der Waals surface area contributed by atoms with Crippen molar-refractivity contribution in [1.29, 1.82) is 0 Å². The van der Waals surface area contributed by atoms with Gasteiger partial charge < -0.3 is 4.84 Å². The lowest BCUT2D eigenvalue weighted by atomic mass is 10.1. The maximum Gasteiger partial charge on any atom is 0.122 e. The molecule has 0 spiro atoms. The minimum absolute atomic E-state index is 0.412. The van der Waals surface area contributed by atoms with Gasteiger partial charge >= 0.3 is 0 Å². The van der Waals surface area contributed by atoms with Gasteiger partial charge in [0.2, 0.25) is 0 Å². The van der Waals surface area contributed by atoms with E-state index >= 15 is 0 Å². The normalized spacial score (nSPS) is 26.8. The number of hydroxylamine groups is 1. The second kappa shape index (κ2) is 2.40. The van der Waals surface area contributed by atoms with Crippen molar-refractivity contribution in [2.45, 2.75) is 33.2 Å². The van der Waals surface area contributed by atoms with Gasteiger partial charge in [0.1, 0.15) is 5.76 Å². The predicted octanol–water partition coefficient (Wildman–Crippen LogP) is 1.59. The van der Waals surface area contributed by atoms with E-state index < -0.39 is 0 Å². The summed E-state index contributed by atoms with van der Waals surface area (Å²) in [6, 6.07) is 0.412. The van der Waals surface area contributed by atoms with Crippen LogP contribution in [0.15, 0.2) is 11.3 Å². The first-order chi connectivity index (χ1) is 4.25. The monoisotopic (exact) mass is 127 g/mol. The summed E-state index contributed by atoms with van der Waals surface area (Å²) in [5.41, 5.74) is 4.28. The molecule has 0 saturated carbocycles. The zero-order valence-corrected chi connectivity index (χ0v) is 6.19. The van der Waals surface area contributed by atoms with Crippen LogP contribution < -0.4 is 5.48 Å². The highest BCUT2D eigenvalue weighted by molar-refractivity contribution is 5.15. The Bertz CT molecular complexity index is 140. The van der Waals surface area contributed by atoms with Crippen molar-refractivity contribution in [3.63, 3.8) is 0 Å². The molecule has 0 bridgehead atoms. The summed E-state index contributed by atoms with van der Waals surface area (Å²) < 4.78 is 0. The lowest BCUT2D eigenvalue weighted by Crippen LogP contribution is -2.19. The average molecular weight is 127 g/mol. The SMILES string of the molecule is CCC1=C(C)ONC1C. The number of hydrogen-bond acceptors (Lipinski definition) is 2. The fourth-order valence-corrected chi connectivity index (χ4v) is 1.17. The summed E-state index contributed by atoms with van der Waals surface area (Å²) in [6.45, 7) is 6.25. The third-order valence-electron chi connectivity index (χ3n) is 1.74. The third-order valence-corrected chi connectivity index (χ3v) is 1.74. The first-order valence-electron chi connectivity index (χ1n) is 3.37. The Morgan fingerprint density at radius 1 is 1.67 bits per heavy atom. The minimum atomic E-state index is 0.412. The number of nitrogens with one attached hydrogen (secondary N) is 1. The number of rotatable bonds is 1. The second-order valence-corrected chi connectivity index (χ2v) is 2.38. The highest BCUT2D eigenvalue weighted by atomic mass is 16.7. The van der Waals surface area contributed by atoms with Crippen LogP contribution in [0.3, 0.4) is 0 Å². The molecule has 2 heteroatoms. The third kappa shape index (κ3) is 1.08. The van der Waals surface area contributed by atoms with E-state index in [0.29, 0.717) is 6.04 Å². The molecule has 0 amide bonds. The lowest BCUT2D eigenvalue weighted by molar-refractivity contribution is 0.121. The van der Waals surface area contributed by atoms with E-state index in [1.54, 1.807) is 0 Å². The van der Waals surface area contributed by atoms with Crippen LogP contribution in [0, 0.1) is 0 Å². The fourth-order valence-electron chi connectivity index (χ4n) is 1.17. The van der Waals surface area contributed by atoms with Crippen molar-refractivity contribution in [3.05, 3.63) is 11.3 Å². The van der Waals surface area contributed by atoms with E-state index in [9.17, 15) is 0 Å². The molecule has 1 aliphatic heterocycles. The Kier molecular flexibility index (Phi) is 1.76. The van der Waals surface area contributed by atoms with E-state index in [0.717, 1.165) is 12.2 Å². The van der Waals surface area contributed by atoms with Crippen molar-refractivity contribution >= 4 is 0 Å².